The number of fused-ring (bicyclic) bond motifs is 1. The highest BCUT2D eigenvalue weighted by Crippen LogP contribution is 2.21. The Kier molecular flexibility index (Phi) is 6.75. The van der Waals surface area contributed by atoms with Gasteiger partial charge in [-0.2, -0.15) is 5.10 Å². The minimum atomic E-state index is -0.401. The Balaban J connectivity index is 1.34. The summed E-state index contributed by atoms with van der Waals surface area (Å²) in [6.45, 7) is 0. The third kappa shape index (κ3) is 5.49. The standard InChI is InChI=1S/C25H18ClN3O2S/c26-19-7-4-8-20(15-19)28-25(32)29-27-16-17-11-13-21(14-12-17)31-24(30)23-10-3-6-18-5-1-2-9-22(18)23/h1-16H,(H2,28,29,32)/b27-16+. The Morgan fingerprint density at radius 3 is 2.50 bits per heavy atom. The summed E-state index contributed by atoms with van der Waals surface area (Å²) in [7, 11) is 0. The summed E-state index contributed by atoms with van der Waals surface area (Å²) in [4.78, 5) is 12.6. The summed E-state index contributed by atoms with van der Waals surface area (Å²) in [5, 5.41) is 9.90. The minimum absolute atomic E-state index is 0.337. The van der Waals surface area contributed by atoms with Gasteiger partial charge in [0, 0.05) is 10.7 Å². The summed E-state index contributed by atoms with van der Waals surface area (Å²) < 4.78 is 5.54. The number of rotatable bonds is 5. The fourth-order valence-corrected chi connectivity index (χ4v) is 3.44. The van der Waals surface area contributed by atoms with E-state index in [0.717, 1.165) is 22.0 Å². The Morgan fingerprint density at radius 1 is 0.938 bits per heavy atom. The Labute approximate surface area is 195 Å². The molecule has 0 saturated carbocycles. The number of benzene rings is 4. The van der Waals surface area contributed by atoms with Gasteiger partial charge in [-0.05, 0) is 77.1 Å². The van der Waals surface area contributed by atoms with Crippen LogP contribution in [-0.4, -0.2) is 17.3 Å². The molecule has 0 heterocycles. The maximum atomic E-state index is 12.6. The van der Waals surface area contributed by atoms with Crippen molar-refractivity contribution in [2.75, 3.05) is 5.32 Å². The second-order valence-corrected chi connectivity index (χ2v) is 7.66. The number of hydrogen-bond donors (Lipinski definition) is 2. The van der Waals surface area contributed by atoms with E-state index < -0.39 is 5.97 Å². The van der Waals surface area contributed by atoms with Gasteiger partial charge in [0.05, 0.1) is 11.8 Å². The fraction of sp³-hybridized carbons (Fsp3) is 0. The van der Waals surface area contributed by atoms with Gasteiger partial charge in [-0.1, -0.05) is 54.1 Å². The number of ether oxygens (including phenoxy) is 1. The predicted molar refractivity (Wildman–Crippen MR) is 134 cm³/mol. The van der Waals surface area contributed by atoms with E-state index in [9.17, 15) is 4.79 Å². The number of esters is 1. The van der Waals surface area contributed by atoms with E-state index in [4.69, 9.17) is 28.6 Å². The van der Waals surface area contributed by atoms with E-state index in [1.54, 1.807) is 48.7 Å². The van der Waals surface area contributed by atoms with E-state index in [-0.39, 0.29) is 0 Å². The molecule has 0 unspecified atom stereocenters. The molecule has 0 bridgehead atoms. The molecule has 0 aliphatic heterocycles. The fourth-order valence-electron chi connectivity index (χ4n) is 3.08. The zero-order valence-corrected chi connectivity index (χ0v) is 18.4. The lowest BCUT2D eigenvalue weighted by Crippen LogP contribution is -2.23. The molecule has 0 aliphatic rings. The molecule has 2 N–H and O–H groups in total. The number of hydrazone groups is 1. The van der Waals surface area contributed by atoms with Gasteiger partial charge in [-0.15, -0.1) is 0 Å². The van der Waals surface area contributed by atoms with E-state index in [1.807, 2.05) is 48.5 Å². The Bertz CT molecular complexity index is 1300. The third-order valence-electron chi connectivity index (χ3n) is 4.56. The molecular weight excluding hydrogens is 442 g/mol. The molecule has 5 nitrogen and oxygen atoms in total. The average Bonchev–Trinajstić information content (AvgIpc) is 2.80. The molecule has 0 amide bonds. The van der Waals surface area contributed by atoms with E-state index >= 15 is 0 Å². The highest BCUT2D eigenvalue weighted by molar-refractivity contribution is 7.80. The second-order valence-electron chi connectivity index (χ2n) is 6.82. The van der Waals surface area contributed by atoms with Crippen LogP contribution in [0.1, 0.15) is 15.9 Å². The maximum absolute atomic E-state index is 12.6. The van der Waals surface area contributed by atoms with Gasteiger partial charge >= 0.3 is 5.97 Å². The van der Waals surface area contributed by atoms with Crippen LogP contribution < -0.4 is 15.5 Å². The Morgan fingerprint density at radius 2 is 1.69 bits per heavy atom. The lowest BCUT2D eigenvalue weighted by molar-refractivity contribution is 0.0737. The maximum Gasteiger partial charge on any atom is 0.344 e. The largest absolute Gasteiger partial charge is 0.423 e. The van der Waals surface area contributed by atoms with E-state index in [2.05, 4.69) is 15.8 Å². The SMILES string of the molecule is O=C(Oc1ccc(/C=N/NC(=S)Nc2cccc(Cl)c2)cc1)c1cccc2ccccc12. The summed E-state index contributed by atoms with van der Waals surface area (Å²) in [6, 6.07) is 27.5. The molecule has 0 atom stereocenters. The number of carbonyl (C=O) groups excluding carboxylic acids is 1. The topological polar surface area (TPSA) is 62.7 Å². The van der Waals surface area contributed by atoms with Crippen LogP contribution in [0.4, 0.5) is 5.69 Å². The second kappa shape index (κ2) is 10.0. The number of nitrogens with one attached hydrogen (secondary N) is 2. The molecule has 4 rings (SSSR count). The summed E-state index contributed by atoms with van der Waals surface area (Å²) in [6.07, 6.45) is 1.61. The van der Waals surface area contributed by atoms with Crippen LogP contribution in [0.25, 0.3) is 10.8 Å². The van der Waals surface area contributed by atoms with Gasteiger partial charge in [-0.3, -0.25) is 5.43 Å². The molecule has 0 aromatic heterocycles. The highest BCUT2D eigenvalue weighted by Gasteiger charge is 2.12. The quantitative estimate of drug-likeness (QED) is 0.125. The van der Waals surface area contributed by atoms with Crippen LogP contribution in [0.5, 0.6) is 5.75 Å². The van der Waals surface area contributed by atoms with Gasteiger partial charge in [0.1, 0.15) is 5.75 Å². The zero-order valence-electron chi connectivity index (χ0n) is 16.8. The van der Waals surface area contributed by atoms with Crippen LogP contribution >= 0.6 is 23.8 Å². The summed E-state index contributed by atoms with van der Waals surface area (Å²) in [5.41, 5.74) is 4.85. The first-order valence-electron chi connectivity index (χ1n) is 9.74. The van der Waals surface area contributed by atoms with E-state index in [1.165, 1.54) is 0 Å². The third-order valence-corrected chi connectivity index (χ3v) is 4.99. The van der Waals surface area contributed by atoms with Crippen molar-refractivity contribution in [1.29, 1.82) is 0 Å². The lowest BCUT2D eigenvalue weighted by atomic mass is 10.0. The molecule has 32 heavy (non-hydrogen) atoms. The first-order chi connectivity index (χ1) is 15.6. The van der Waals surface area contributed by atoms with Gasteiger partial charge in [0.15, 0.2) is 5.11 Å². The molecule has 158 valence electrons. The van der Waals surface area contributed by atoms with E-state index in [0.29, 0.717) is 21.4 Å². The number of thiocarbonyl (C=S) groups is 1. The van der Waals surface area contributed by atoms with Crippen LogP contribution in [0.15, 0.2) is 96.1 Å². The molecule has 0 fully saturated rings. The summed E-state index contributed by atoms with van der Waals surface area (Å²) >= 11 is 11.2. The smallest absolute Gasteiger partial charge is 0.344 e. The van der Waals surface area contributed by atoms with Crippen LogP contribution in [0, 0.1) is 0 Å². The van der Waals surface area contributed by atoms with Crippen LogP contribution in [-0.2, 0) is 0 Å². The van der Waals surface area contributed by atoms with Crippen LogP contribution in [0.2, 0.25) is 5.02 Å². The monoisotopic (exact) mass is 459 g/mol. The molecule has 0 saturated heterocycles. The van der Waals surface area contributed by atoms with Gasteiger partial charge in [0.2, 0.25) is 0 Å². The molecule has 0 spiro atoms. The molecule has 4 aromatic carbocycles. The molecule has 0 aliphatic carbocycles. The number of anilines is 1. The molecular formula is C25H18ClN3O2S. The van der Waals surface area contributed by atoms with Crippen molar-refractivity contribution < 1.29 is 9.53 Å². The van der Waals surface area contributed by atoms with Crippen molar-refractivity contribution in [3.63, 3.8) is 0 Å². The van der Waals surface area contributed by atoms with Gasteiger partial charge < -0.3 is 10.1 Å². The molecule has 7 heteroatoms. The molecule has 0 radical (unpaired) electrons. The van der Waals surface area contributed by atoms with Gasteiger partial charge in [0.25, 0.3) is 0 Å². The zero-order chi connectivity index (χ0) is 22.3. The Hall–Kier alpha value is -3.74. The van der Waals surface area contributed by atoms with Crippen molar-refractivity contribution in [3.8, 4) is 5.75 Å². The number of hydrogen-bond acceptors (Lipinski definition) is 4. The van der Waals surface area contributed by atoms with Crippen molar-refractivity contribution in [2.45, 2.75) is 0 Å². The number of carbonyl (C=O) groups is 1. The van der Waals surface area contributed by atoms with Gasteiger partial charge in [-0.25, -0.2) is 4.79 Å². The summed E-state index contributed by atoms with van der Waals surface area (Å²) in [5.74, 6) is 0.0495. The van der Waals surface area contributed by atoms with Crippen molar-refractivity contribution in [3.05, 3.63) is 107 Å². The first-order valence-corrected chi connectivity index (χ1v) is 10.5. The first kappa shape index (κ1) is 21.5. The van der Waals surface area contributed by atoms with Crippen molar-refractivity contribution in [1.82, 2.24) is 5.43 Å². The normalized spacial score (nSPS) is 10.8. The highest BCUT2D eigenvalue weighted by atomic mass is 35.5. The van der Waals surface area contributed by atoms with Crippen molar-refractivity contribution >= 4 is 57.6 Å². The number of halogens is 1. The minimum Gasteiger partial charge on any atom is -0.423 e. The number of nitrogens with zero attached hydrogens (tertiary/aromatic N) is 1. The lowest BCUT2D eigenvalue weighted by Gasteiger charge is -2.08. The van der Waals surface area contributed by atoms with Crippen molar-refractivity contribution in [2.24, 2.45) is 5.10 Å². The predicted octanol–water partition coefficient (Wildman–Crippen LogP) is 6.03. The molecule has 4 aromatic rings. The average molecular weight is 460 g/mol. The van der Waals surface area contributed by atoms with Crippen LogP contribution in [0.3, 0.4) is 0 Å².